The Balaban J connectivity index is 2.21. The minimum absolute atomic E-state index is 0.246. The molecule has 76 valence electrons. The summed E-state index contributed by atoms with van der Waals surface area (Å²) >= 11 is 0. The molecule has 0 radical (unpaired) electrons. The van der Waals surface area contributed by atoms with Crippen molar-refractivity contribution in [2.45, 2.75) is 44.8 Å². The lowest BCUT2D eigenvalue weighted by Gasteiger charge is -2.30. The first kappa shape index (κ1) is 10.5. The van der Waals surface area contributed by atoms with Gasteiger partial charge in [-0.05, 0) is 31.9 Å². The van der Waals surface area contributed by atoms with Gasteiger partial charge < -0.3 is 10.4 Å². The second-order valence-corrected chi connectivity index (χ2v) is 3.51. The van der Waals surface area contributed by atoms with Crippen molar-refractivity contribution >= 4 is 0 Å². The third-order valence-corrected chi connectivity index (χ3v) is 2.35. The molecule has 2 atom stereocenters. The van der Waals surface area contributed by atoms with Gasteiger partial charge in [-0.2, -0.15) is 0 Å². The van der Waals surface area contributed by atoms with Gasteiger partial charge in [-0.3, -0.25) is 5.32 Å². The maximum absolute atomic E-state index is 8.97. The quantitative estimate of drug-likeness (QED) is 0.610. The lowest BCUT2D eigenvalue weighted by atomic mass is 10.0. The average molecular weight is 184 g/mol. The van der Waals surface area contributed by atoms with Crippen LogP contribution in [0.3, 0.4) is 0 Å². The van der Waals surface area contributed by atoms with Crippen LogP contribution in [0.25, 0.3) is 0 Å². The number of aliphatic hydroxyl groups excluding tert-OH is 1. The van der Waals surface area contributed by atoms with Crippen LogP contribution in [0.2, 0.25) is 0 Å². The Morgan fingerprint density at radius 1 is 1.54 bits per heavy atom. The van der Waals surface area contributed by atoms with Crippen molar-refractivity contribution in [1.29, 1.82) is 0 Å². The SMILES string of the molecule is CC/C=C\N[C@@H]1CCC[C@H](CO)N1. The minimum Gasteiger partial charge on any atom is -0.395 e. The summed E-state index contributed by atoms with van der Waals surface area (Å²) in [5.74, 6) is 0. The molecule has 0 aromatic heterocycles. The average Bonchev–Trinajstić information content (AvgIpc) is 2.19. The number of hydrogen-bond acceptors (Lipinski definition) is 3. The molecule has 0 amide bonds. The van der Waals surface area contributed by atoms with Gasteiger partial charge in [-0.25, -0.2) is 0 Å². The Kier molecular flexibility index (Phi) is 4.86. The molecule has 1 fully saturated rings. The number of allylic oxidation sites excluding steroid dienone is 1. The van der Waals surface area contributed by atoms with E-state index in [0.29, 0.717) is 6.17 Å². The van der Waals surface area contributed by atoms with E-state index in [0.717, 1.165) is 19.3 Å². The number of nitrogens with one attached hydrogen (secondary N) is 2. The summed E-state index contributed by atoms with van der Waals surface area (Å²) in [5, 5.41) is 15.6. The maximum atomic E-state index is 8.97. The van der Waals surface area contributed by atoms with Crippen molar-refractivity contribution in [2.75, 3.05) is 6.61 Å². The van der Waals surface area contributed by atoms with Crippen LogP contribution in [0.5, 0.6) is 0 Å². The van der Waals surface area contributed by atoms with Crippen molar-refractivity contribution in [2.24, 2.45) is 0 Å². The largest absolute Gasteiger partial charge is 0.395 e. The molecule has 0 aliphatic carbocycles. The third-order valence-electron chi connectivity index (χ3n) is 2.35. The fourth-order valence-corrected chi connectivity index (χ4v) is 1.60. The van der Waals surface area contributed by atoms with Gasteiger partial charge in [0.05, 0.1) is 12.8 Å². The van der Waals surface area contributed by atoms with E-state index in [1.165, 1.54) is 6.42 Å². The molecule has 3 N–H and O–H groups in total. The number of rotatable bonds is 4. The Hall–Kier alpha value is -0.540. The lowest BCUT2D eigenvalue weighted by molar-refractivity contribution is 0.191. The highest BCUT2D eigenvalue weighted by Gasteiger charge is 2.18. The first-order valence-electron chi connectivity index (χ1n) is 5.14. The van der Waals surface area contributed by atoms with Crippen LogP contribution in [-0.2, 0) is 0 Å². The summed E-state index contributed by atoms with van der Waals surface area (Å²) in [5.41, 5.74) is 0. The van der Waals surface area contributed by atoms with Gasteiger partial charge >= 0.3 is 0 Å². The molecule has 3 nitrogen and oxygen atoms in total. The molecule has 0 unspecified atom stereocenters. The molecular weight excluding hydrogens is 164 g/mol. The Morgan fingerprint density at radius 3 is 3.08 bits per heavy atom. The van der Waals surface area contributed by atoms with Gasteiger partial charge in [0.25, 0.3) is 0 Å². The molecule has 3 heteroatoms. The summed E-state index contributed by atoms with van der Waals surface area (Å²) < 4.78 is 0. The van der Waals surface area contributed by atoms with E-state index in [1.807, 2.05) is 6.20 Å². The molecule has 0 saturated carbocycles. The predicted octanol–water partition coefficient (Wildman–Crippen LogP) is 0.960. The lowest BCUT2D eigenvalue weighted by Crippen LogP contribution is -2.50. The summed E-state index contributed by atoms with van der Waals surface area (Å²) in [6, 6.07) is 0.279. The summed E-state index contributed by atoms with van der Waals surface area (Å²) in [7, 11) is 0. The van der Waals surface area contributed by atoms with Gasteiger partial charge in [-0.1, -0.05) is 13.0 Å². The molecule has 0 aromatic rings. The smallest absolute Gasteiger partial charge is 0.0765 e. The first-order valence-corrected chi connectivity index (χ1v) is 5.14. The zero-order valence-electron chi connectivity index (χ0n) is 8.29. The van der Waals surface area contributed by atoms with Crippen molar-refractivity contribution in [3.8, 4) is 0 Å². The molecular formula is C10H20N2O. The van der Waals surface area contributed by atoms with Crippen LogP contribution < -0.4 is 10.6 Å². The van der Waals surface area contributed by atoms with Gasteiger partial charge in [0, 0.05) is 6.04 Å². The van der Waals surface area contributed by atoms with E-state index in [2.05, 4.69) is 23.6 Å². The Bertz CT molecular complexity index is 159. The summed E-state index contributed by atoms with van der Waals surface area (Å²) in [4.78, 5) is 0. The topological polar surface area (TPSA) is 44.3 Å². The summed E-state index contributed by atoms with van der Waals surface area (Å²) in [6.45, 7) is 2.36. The van der Waals surface area contributed by atoms with E-state index >= 15 is 0 Å². The second kappa shape index (κ2) is 6.00. The minimum atomic E-state index is 0.246. The van der Waals surface area contributed by atoms with Gasteiger partial charge in [0.1, 0.15) is 0 Å². The van der Waals surface area contributed by atoms with Crippen LogP contribution in [0.4, 0.5) is 0 Å². The number of aliphatic hydroxyl groups is 1. The standard InChI is InChI=1S/C10H20N2O/c1-2-3-7-11-10-6-4-5-9(8-13)12-10/h3,7,9-13H,2,4-6,8H2,1H3/b7-3-/t9-,10+/m1/s1. The molecule has 0 bridgehead atoms. The van der Waals surface area contributed by atoms with Gasteiger partial charge in [0.15, 0.2) is 0 Å². The number of piperidine rings is 1. The van der Waals surface area contributed by atoms with Crippen LogP contribution in [0.1, 0.15) is 32.6 Å². The normalized spacial score (nSPS) is 29.4. The zero-order valence-corrected chi connectivity index (χ0v) is 8.29. The van der Waals surface area contributed by atoms with Crippen molar-refractivity contribution in [3.63, 3.8) is 0 Å². The molecule has 13 heavy (non-hydrogen) atoms. The third kappa shape index (κ3) is 3.79. The molecule has 0 aromatic carbocycles. The predicted molar refractivity (Wildman–Crippen MR) is 54.2 cm³/mol. The summed E-state index contributed by atoms with van der Waals surface area (Å²) in [6.07, 6.45) is 8.92. The maximum Gasteiger partial charge on any atom is 0.0765 e. The second-order valence-electron chi connectivity index (χ2n) is 3.51. The fourth-order valence-electron chi connectivity index (χ4n) is 1.60. The highest BCUT2D eigenvalue weighted by molar-refractivity contribution is 4.85. The van der Waals surface area contributed by atoms with E-state index in [4.69, 9.17) is 5.11 Å². The van der Waals surface area contributed by atoms with Crippen molar-refractivity contribution in [1.82, 2.24) is 10.6 Å². The molecule has 1 heterocycles. The Labute approximate surface area is 80.2 Å². The van der Waals surface area contributed by atoms with Crippen molar-refractivity contribution < 1.29 is 5.11 Å². The molecule has 0 spiro atoms. The zero-order chi connectivity index (χ0) is 9.52. The van der Waals surface area contributed by atoms with E-state index in [9.17, 15) is 0 Å². The highest BCUT2D eigenvalue weighted by Crippen LogP contribution is 2.10. The van der Waals surface area contributed by atoms with Gasteiger partial charge in [0.2, 0.25) is 0 Å². The van der Waals surface area contributed by atoms with Crippen LogP contribution in [0, 0.1) is 0 Å². The Morgan fingerprint density at radius 2 is 2.38 bits per heavy atom. The van der Waals surface area contributed by atoms with Crippen LogP contribution >= 0.6 is 0 Å². The molecule has 1 aliphatic heterocycles. The van der Waals surface area contributed by atoms with E-state index < -0.39 is 0 Å². The van der Waals surface area contributed by atoms with E-state index in [-0.39, 0.29) is 12.6 Å². The monoisotopic (exact) mass is 184 g/mol. The molecule has 1 rings (SSSR count). The highest BCUT2D eigenvalue weighted by atomic mass is 16.3. The van der Waals surface area contributed by atoms with E-state index in [1.54, 1.807) is 0 Å². The van der Waals surface area contributed by atoms with Crippen molar-refractivity contribution in [3.05, 3.63) is 12.3 Å². The number of hydrogen-bond donors (Lipinski definition) is 3. The fraction of sp³-hybridized carbons (Fsp3) is 0.800. The first-order chi connectivity index (χ1) is 6.36. The van der Waals surface area contributed by atoms with Crippen LogP contribution in [0.15, 0.2) is 12.3 Å². The van der Waals surface area contributed by atoms with Gasteiger partial charge in [-0.15, -0.1) is 0 Å². The van der Waals surface area contributed by atoms with Crippen LogP contribution in [-0.4, -0.2) is 23.9 Å². The molecule has 1 aliphatic rings. The molecule has 1 saturated heterocycles.